The summed E-state index contributed by atoms with van der Waals surface area (Å²) >= 11 is 0. The van der Waals surface area contributed by atoms with Gasteiger partial charge in [-0.25, -0.2) is 4.98 Å². The highest BCUT2D eigenvalue weighted by Gasteiger charge is 2.41. The number of nitrogens with zero attached hydrogens (tertiary/aromatic N) is 4. The highest BCUT2D eigenvalue weighted by molar-refractivity contribution is 5.76. The number of hydrogen-bond donors (Lipinski definition) is 2. The predicted octanol–water partition coefficient (Wildman–Crippen LogP) is 4.26. The zero-order chi connectivity index (χ0) is 24.6. The third kappa shape index (κ3) is 4.72. The molecule has 2 N–H and O–H groups in total. The van der Waals surface area contributed by atoms with E-state index in [1.54, 1.807) is 13.0 Å². The third-order valence-corrected chi connectivity index (χ3v) is 8.20. The van der Waals surface area contributed by atoms with Gasteiger partial charge in [0, 0.05) is 48.2 Å². The first-order chi connectivity index (χ1) is 17.5. The smallest absolute Gasteiger partial charge is 0.252 e. The van der Waals surface area contributed by atoms with E-state index < -0.39 is 6.10 Å². The molecule has 0 spiro atoms. The zero-order valence-electron chi connectivity index (χ0n) is 20.8. The number of benzene rings is 1. The van der Waals surface area contributed by atoms with Crippen molar-refractivity contribution in [2.75, 3.05) is 29.9 Å². The summed E-state index contributed by atoms with van der Waals surface area (Å²) in [5.41, 5.74) is 2.86. The van der Waals surface area contributed by atoms with Crippen LogP contribution in [0.3, 0.4) is 0 Å². The van der Waals surface area contributed by atoms with Crippen LogP contribution in [0.1, 0.15) is 51.5 Å². The molecule has 6 rings (SSSR count). The van der Waals surface area contributed by atoms with Gasteiger partial charge in [0.25, 0.3) is 5.56 Å². The van der Waals surface area contributed by atoms with Crippen LogP contribution in [-0.2, 0) is 4.74 Å². The first kappa shape index (κ1) is 23.4. The molecule has 4 atom stereocenters. The Hall–Kier alpha value is -2.97. The maximum Gasteiger partial charge on any atom is 0.252 e. The fourth-order valence-corrected chi connectivity index (χ4v) is 6.39. The van der Waals surface area contributed by atoms with Crippen molar-refractivity contribution < 1.29 is 9.84 Å². The van der Waals surface area contributed by atoms with E-state index in [1.807, 2.05) is 29.0 Å². The van der Waals surface area contributed by atoms with Gasteiger partial charge in [-0.15, -0.1) is 0 Å². The van der Waals surface area contributed by atoms with Crippen molar-refractivity contribution in [2.24, 2.45) is 11.8 Å². The molecule has 0 radical (unpaired) electrons. The number of aromatic nitrogens is 3. The van der Waals surface area contributed by atoms with E-state index in [1.165, 1.54) is 24.9 Å². The molecular formula is C28H35N5O3. The lowest BCUT2D eigenvalue weighted by molar-refractivity contribution is -0.0124. The summed E-state index contributed by atoms with van der Waals surface area (Å²) in [4.78, 5) is 24.6. The van der Waals surface area contributed by atoms with Crippen LogP contribution in [0.4, 0.5) is 17.3 Å². The molecule has 1 aromatic carbocycles. The lowest BCUT2D eigenvalue weighted by Crippen LogP contribution is -2.37. The molecule has 3 heterocycles. The average Bonchev–Trinajstić information content (AvgIpc) is 3.52. The number of rotatable bonds is 7. The van der Waals surface area contributed by atoms with Gasteiger partial charge in [-0.2, -0.15) is 4.98 Å². The van der Waals surface area contributed by atoms with Crippen LogP contribution in [0, 0.1) is 11.8 Å². The van der Waals surface area contributed by atoms with Crippen molar-refractivity contribution >= 4 is 28.4 Å². The summed E-state index contributed by atoms with van der Waals surface area (Å²) in [6.07, 6.45) is 8.37. The van der Waals surface area contributed by atoms with Crippen LogP contribution < -0.4 is 15.8 Å². The quantitative estimate of drug-likeness (QED) is 0.512. The summed E-state index contributed by atoms with van der Waals surface area (Å²) < 4.78 is 7.72. The van der Waals surface area contributed by atoms with Crippen molar-refractivity contribution in [3.05, 3.63) is 52.9 Å². The first-order valence-corrected chi connectivity index (χ1v) is 13.3. The van der Waals surface area contributed by atoms with Crippen LogP contribution in [0.15, 0.2) is 47.4 Å². The number of aliphatic hydroxyl groups is 1. The highest BCUT2D eigenvalue weighted by Crippen LogP contribution is 2.50. The normalized spacial score (nSPS) is 24.9. The molecular weight excluding hydrogens is 454 g/mol. The van der Waals surface area contributed by atoms with Gasteiger partial charge in [-0.3, -0.25) is 9.36 Å². The van der Waals surface area contributed by atoms with Crippen molar-refractivity contribution in [1.82, 2.24) is 14.5 Å². The Kier molecular flexibility index (Phi) is 6.39. The summed E-state index contributed by atoms with van der Waals surface area (Å²) in [6.45, 7) is 4.03. The molecule has 8 nitrogen and oxygen atoms in total. The van der Waals surface area contributed by atoms with E-state index in [4.69, 9.17) is 9.72 Å². The number of aliphatic hydroxyl groups excluding tert-OH is 1. The lowest BCUT2D eigenvalue weighted by atomic mass is 9.95. The fraction of sp³-hybridized carbons (Fsp3) is 0.536. The minimum absolute atomic E-state index is 0.0362. The summed E-state index contributed by atoms with van der Waals surface area (Å²) in [5, 5.41) is 13.7. The van der Waals surface area contributed by atoms with Gasteiger partial charge >= 0.3 is 0 Å². The second kappa shape index (κ2) is 9.82. The molecule has 1 saturated heterocycles. The number of piperidine rings is 1. The van der Waals surface area contributed by atoms with E-state index >= 15 is 0 Å². The topological polar surface area (TPSA) is 92.5 Å². The van der Waals surface area contributed by atoms with Crippen molar-refractivity contribution in [1.29, 1.82) is 0 Å². The molecule has 0 amide bonds. The summed E-state index contributed by atoms with van der Waals surface area (Å²) in [7, 11) is 0. The second-order valence-corrected chi connectivity index (χ2v) is 10.8. The Morgan fingerprint density at radius 3 is 2.58 bits per heavy atom. The van der Waals surface area contributed by atoms with Gasteiger partial charge in [0.15, 0.2) is 0 Å². The van der Waals surface area contributed by atoms with Gasteiger partial charge in [-0.1, -0.05) is 6.42 Å². The highest BCUT2D eigenvalue weighted by atomic mass is 16.5. The third-order valence-electron chi connectivity index (χ3n) is 8.20. The van der Waals surface area contributed by atoms with Gasteiger partial charge in [0.05, 0.1) is 18.8 Å². The summed E-state index contributed by atoms with van der Waals surface area (Å²) in [5.74, 6) is 1.85. The lowest BCUT2D eigenvalue weighted by Gasteiger charge is -2.33. The van der Waals surface area contributed by atoms with Crippen LogP contribution in [0.25, 0.3) is 11.0 Å². The van der Waals surface area contributed by atoms with Gasteiger partial charge in [-0.05, 0) is 81.2 Å². The van der Waals surface area contributed by atoms with Gasteiger partial charge in [0.1, 0.15) is 5.65 Å². The summed E-state index contributed by atoms with van der Waals surface area (Å²) in [6, 6.07) is 12.1. The molecule has 2 bridgehead atoms. The molecule has 2 saturated carbocycles. The van der Waals surface area contributed by atoms with E-state index in [-0.39, 0.29) is 17.7 Å². The standard InChI is InChI=1S/C28H35N5O3/c1-18(34)17-36-24-10-12-32(13-11-24)23-7-5-22(6-8-23)30-28-29-16-21-4-9-26(35)33(27(21)31-28)25-15-19-2-3-20(25)14-19/h4-9,16,18-20,24-25,34H,2-3,10-15,17H2,1H3,(H,29,30,31). The monoisotopic (exact) mass is 489 g/mol. The average molecular weight is 490 g/mol. The predicted molar refractivity (Wildman–Crippen MR) is 141 cm³/mol. The van der Waals surface area contributed by atoms with Crippen LogP contribution in [-0.4, -0.2) is 51.5 Å². The number of pyridine rings is 1. The molecule has 4 unspecified atom stereocenters. The Balaban J connectivity index is 1.15. The maximum absolute atomic E-state index is 12.9. The Morgan fingerprint density at radius 1 is 1.08 bits per heavy atom. The molecule has 2 aromatic heterocycles. The molecule has 3 fully saturated rings. The molecule has 36 heavy (non-hydrogen) atoms. The molecule has 2 aliphatic carbocycles. The zero-order valence-corrected chi connectivity index (χ0v) is 20.8. The van der Waals surface area contributed by atoms with Crippen molar-refractivity contribution in [3.63, 3.8) is 0 Å². The SMILES string of the molecule is CC(O)COC1CCN(c2ccc(Nc3ncc4ccc(=O)n(C5CC6CCC5C6)c4n3)cc2)CC1. The van der Waals surface area contributed by atoms with Crippen molar-refractivity contribution in [2.45, 2.75) is 63.7 Å². The number of hydrogen-bond acceptors (Lipinski definition) is 7. The first-order valence-electron chi connectivity index (χ1n) is 13.3. The van der Waals surface area contributed by atoms with Crippen LogP contribution >= 0.6 is 0 Å². The van der Waals surface area contributed by atoms with E-state index in [0.717, 1.165) is 55.0 Å². The number of nitrogens with one attached hydrogen (secondary N) is 1. The van der Waals surface area contributed by atoms with Crippen LogP contribution in [0.5, 0.6) is 0 Å². The molecule has 190 valence electrons. The number of anilines is 3. The molecule has 8 heteroatoms. The maximum atomic E-state index is 12.9. The van der Waals surface area contributed by atoms with E-state index in [0.29, 0.717) is 18.5 Å². The number of ether oxygens (including phenoxy) is 1. The van der Waals surface area contributed by atoms with E-state index in [2.05, 4.69) is 27.3 Å². The van der Waals surface area contributed by atoms with E-state index in [9.17, 15) is 9.90 Å². The fourth-order valence-electron chi connectivity index (χ4n) is 6.39. The molecule has 3 aromatic rings. The Labute approximate surface area is 211 Å². The largest absolute Gasteiger partial charge is 0.391 e. The second-order valence-electron chi connectivity index (χ2n) is 10.8. The Bertz CT molecular complexity index is 1270. The van der Waals surface area contributed by atoms with Gasteiger partial charge < -0.3 is 20.1 Å². The van der Waals surface area contributed by atoms with Crippen molar-refractivity contribution in [3.8, 4) is 0 Å². The van der Waals surface area contributed by atoms with Crippen LogP contribution in [0.2, 0.25) is 0 Å². The molecule has 1 aliphatic heterocycles. The number of fused-ring (bicyclic) bond motifs is 3. The molecule has 3 aliphatic rings. The minimum Gasteiger partial charge on any atom is -0.391 e. The Morgan fingerprint density at radius 2 is 1.89 bits per heavy atom. The minimum atomic E-state index is -0.417. The van der Waals surface area contributed by atoms with Gasteiger partial charge in [0.2, 0.25) is 5.95 Å².